The molecule has 2 heterocycles. The van der Waals surface area contributed by atoms with Gasteiger partial charge < -0.3 is 10.2 Å². The van der Waals surface area contributed by atoms with Crippen molar-refractivity contribution in [3.8, 4) is 45.1 Å². The van der Waals surface area contributed by atoms with Gasteiger partial charge in [-0.25, -0.2) is 8.78 Å². The number of halogens is 2. The lowest BCUT2D eigenvalue weighted by atomic mass is 10.1. The normalized spacial score (nSPS) is 10.7. The van der Waals surface area contributed by atoms with Crippen LogP contribution in [0.3, 0.4) is 0 Å². The van der Waals surface area contributed by atoms with Crippen molar-refractivity contribution in [2.75, 3.05) is 0 Å². The first kappa shape index (κ1) is 20.8. The summed E-state index contributed by atoms with van der Waals surface area (Å²) >= 11 is 0. The molecule has 0 amide bonds. The Morgan fingerprint density at radius 2 is 1.44 bits per heavy atom. The quantitative estimate of drug-likeness (QED) is 0.510. The number of aromatic hydroxyl groups is 2. The monoisotopic (exact) mass is 432 g/mol. The van der Waals surface area contributed by atoms with Gasteiger partial charge in [-0.3, -0.25) is 19.6 Å². The van der Waals surface area contributed by atoms with Gasteiger partial charge in [0.2, 0.25) is 10.9 Å². The second kappa shape index (κ2) is 8.35. The summed E-state index contributed by atoms with van der Waals surface area (Å²) in [6.07, 6.45) is 2.20. The van der Waals surface area contributed by atoms with Gasteiger partial charge >= 0.3 is 0 Å². The third-order valence-electron chi connectivity index (χ3n) is 4.74. The van der Waals surface area contributed by atoms with Crippen LogP contribution in [0.4, 0.5) is 8.78 Å². The minimum Gasteiger partial charge on any atom is -0.504 e. The number of rotatable bonds is 3. The molecule has 0 fully saturated rings. The molecule has 0 aliphatic rings. The van der Waals surface area contributed by atoms with Crippen LogP contribution in [0, 0.1) is 11.6 Å². The third kappa shape index (κ3) is 3.93. The fourth-order valence-electron chi connectivity index (χ4n) is 3.15. The molecule has 158 valence electrons. The molecule has 8 heteroatoms. The van der Waals surface area contributed by atoms with Crippen LogP contribution in [-0.4, -0.2) is 20.2 Å². The smallest absolute Gasteiger partial charge is 0.221 e. The third-order valence-corrected chi connectivity index (χ3v) is 4.74. The molecule has 2 N–H and O–H groups in total. The summed E-state index contributed by atoms with van der Waals surface area (Å²) < 4.78 is 28.1. The molecule has 0 unspecified atom stereocenters. The van der Waals surface area contributed by atoms with Gasteiger partial charge in [-0.05, 0) is 36.4 Å². The summed E-state index contributed by atoms with van der Waals surface area (Å²) in [5, 5.41) is 20.4. The van der Waals surface area contributed by atoms with Crippen molar-refractivity contribution in [2.45, 2.75) is 0 Å². The second-order valence-corrected chi connectivity index (χ2v) is 6.82. The maximum Gasteiger partial charge on any atom is 0.221 e. The van der Waals surface area contributed by atoms with Gasteiger partial charge in [0.25, 0.3) is 0 Å². The fraction of sp³-hybridized carbons (Fsp3) is 0. The van der Waals surface area contributed by atoms with E-state index in [0.29, 0.717) is 0 Å². The van der Waals surface area contributed by atoms with Crippen molar-refractivity contribution in [2.24, 2.45) is 0 Å². The predicted octanol–water partition coefficient (Wildman–Crippen LogP) is 3.89. The van der Waals surface area contributed by atoms with E-state index < -0.39 is 34.0 Å². The number of nitrogens with zero attached hydrogens (tertiary/aromatic N) is 2. The number of hydrogen-bond donors (Lipinski definition) is 2. The average Bonchev–Trinajstić information content (AvgIpc) is 3.03. The Labute approximate surface area is 179 Å². The predicted molar refractivity (Wildman–Crippen MR) is 114 cm³/mol. The molecule has 4 aromatic rings. The van der Waals surface area contributed by atoms with Gasteiger partial charge in [0.1, 0.15) is 17.3 Å². The maximum atomic E-state index is 14.9. The van der Waals surface area contributed by atoms with E-state index in [1.807, 2.05) is 0 Å². The van der Waals surface area contributed by atoms with Gasteiger partial charge in [-0.1, -0.05) is 24.3 Å². The molecule has 32 heavy (non-hydrogen) atoms. The van der Waals surface area contributed by atoms with Crippen molar-refractivity contribution in [1.29, 1.82) is 0 Å². The van der Waals surface area contributed by atoms with Crippen molar-refractivity contribution < 1.29 is 19.0 Å². The highest BCUT2D eigenvalue weighted by molar-refractivity contribution is 5.73. The zero-order valence-electron chi connectivity index (χ0n) is 16.3. The highest BCUT2D eigenvalue weighted by atomic mass is 19.1. The van der Waals surface area contributed by atoms with E-state index in [9.17, 15) is 28.6 Å². The lowest BCUT2D eigenvalue weighted by molar-refractivity contribution is 0.472. The molecular formula is C24H14F2N2O4. The summed E-state index contributed by atoms with van der Waals surface area (Å²) in [6, 6.07) is 12.9. The molecular weight excluding hydrogens is 418 g/mol. The first-order chi connectivity index (χ1) is 15.3. The van der Waals surface area contributed by atoms with Gasteiger partial charge in [-0.2, -0.15) is 0 Å². The standard InChI is InChI=1S/C24H14F2N2O4/c25-15-6-8-19(27-12-15)17-7-5-13(10-21(30)24(17)32)22-18(26)9-14(11-28-22)16-3-1-2-4-20(29)23(16)31/h1-12H,(H,29,31)(H,30,32). The van der Waals surface area contributed by atoms with Crippen LogP contribution in [0.1, 0.15) is 0 Å². The molecule has 0 bridgehead atoms. The van der Waals surface area contributed by atoms with Crippen LogP contribution in [0.25, 0.3) is 33.6 Å². The first-order valence-corrected chi connectivity index (χ1v) is 9.33. The van der Waals surface area contributed by atoms with E-state index in [4.69, 9.17) is 0 Å². The van der Waals surface area contributed by atoms with Gasteiger partial charge in [0.05, 0.1) is 11.9 Å². The van der Waals surface area contributed by atoms with Gasteiger partial charge in [-0.15, -0.1) is 0 Å². The van der Waals surface area contributed by atoms with Crippen molar-refractivity contribution >= 4 is 0 Å². The largest absolute Gasteiger partial charge is 0.504 e. The molecule has 0 spiro atoms. The molecule has 0 saturated heterocycles. The zero-order valence-corrected chi connectivity index (χ0v) is 16.3. The minimum atomic E-state index is -0.813. The number of hydrogen-bond acceptors (Lipinski definition) is 6. The molecule has 6 nitrogen and oxygen atoms in total. The van der Waals surface area contributed by atoms with Gasteiger partial charge in [0.15, 0.2) is 11.5 Å². The Kier molecular flexibility index (Phi) is 5.43. The average molecular weight is 432 g/mol. The molecule has 0 saturated carbocycles. The van der Waals surface area contributed by atoms with Crippen LogP contribution in [-0.2, 0) is 0 Å². The number of aromatic nitrogens is 2. The fourth-order valence-corrected chi connectivity index (χ4v) is 3.15. The summed E-state index contributed by atoms with van der Waals surface area (Å²) in [5.74, 6) is -2.56. The summed E-state index contributed by atoms with van der Waals surface area (Å²) in [4.78, 5) is 32.1. The lowest BCUT2D eigenvalue weighted by Crippen LogP contribution is -1.98. The summed E-state index contributed by atoms with van der Waals surface area (Å²) in [7, 11) is 0. The Morgan fingerprint density at radius 3 is 2.16 bits per heavy atom. The van der Waals surface area contributed by atoms with Crippen molar-refractivity contribution in [3.05, 3.63) is 105 Å². The number of pyridine rings is 2. The van der Waals surface area contributed by atoms with E-state index >= 15 is 0 Å². The molecule has 2 aromatic carbocycles. The molecule has 0 radical (unpaired) electrons. The van der Waals surface area contributed by atoms with E-state index in [0.717, 1.165) is 24.4 Å². The molecule has 2 aromatic heterocycles. The van der Waals surface area contributed by atoms with Gasteiger partial charge in [0, 0.05) is 28.5 Å². The second-order valence-electron chi connectivity index (χ2n) is 6.82. The van der Waals surface area contributed by atoms with Crippen LogP contribution in [0.2, 0.25) is 0 Å². The zero-order chi connectivity index (χ0) is 22.8. The van der Waals surface area contributed by atoms with E-state index in [1.165, 1.54) is 48.7 Å². The summed E-state index contributed by atoms with van der Waals surface area (Å²) in [5.41, 5.74) is -1.06. The molecule has 0 aliphatic heterocycles. The van der Waals surface area contributed by atoms with Crippen LogP contribution < -0.4 is 10.9 Å². The Morgan fingerprint density at radius 1 is 0.688 bits per heavy atom. The van der Waals surface area contributed by atoms with Crippen LogP contribution in [0.5, 0.6) is 11.5 Å². The first-order valence-electron chi connectivity index (χ1n) is 9.33. The lowest BCUT2D eigenvalue weighted by Gasteiger charge is -2.05. The minimum absolute atomic E-state index is 0.0444. The van der Waals surface area contributed by atoms with Crippen LogP contribution >= 0.6 is 0 Å². The Hall–Kier alpha value is -4.46. The maximum absolute atomic E-state index is 14.9. The van der Waals surface area contributed by atoms with E-state index in [2.05, 4.69) is 9.97 Å². The summed E-state index contributed by atoms with van der Waals surface area (Å²) in [6.45, 7) is 0. The highest BCUT2D eigenvalue weighted by Gasteiger charge is 2.15. The SMILES string of the molecule is O=c1ccccc(-c2cnc(-c3ccc(-c4ccc(F)cn4)c(O)c(=O)c3)c(F)c2)c1O. The van der Waals surface area contributed by atoms with Crippen molar-refractivity contribution in [3.63, 3.8) is 0 Å². The van der Waals surface area contributed by atoms with Crippen LogP contribution in [0.15, 0.2) is 82.6 Å². The Bertz CT molecular complexity index is 1460. The van der Waals surface area contributed by atoms with E-state index in [-0.39, 0.29) is 33.6 Å². The van der Waals surface area contributed by atoms with Crippen molar-refractivity contribution in [1.82, 2.24) is 9.97 Å². The molecule has 0 atom stereocenters. The topological polar surface area (TPSA) is 100 Å². The van der Waals surface area contributed by atoms with E-state index in [1.54, 1.807) is 0 Å². The Balaban J connectivity index is 1.82. The highest BCUT2D eigenvalue weighted by Crippen LogP contribution is 2.30. The molecule has 4 rings (SSSR count). The molecule has 0 aliphatic carbocycles.